The average Bonchev–Trinajstić information content (AvgIpc) is 2.72. The number of hydrogen-bond acceptors (Lipinski definition) is 4. The zero-order valence-corrected chi connectivity index (χ0v) is 23.2. The summed E-state index contributed by atoms with van der Waals surface area (Å²) >= 11 is 0. The zero-order chi connectivity index (χ0) is 26.6. The van der Waals surface area contributed by atoms with E-state index in [9.17, 15) is 4.79 Å². The van der Waals surface area contributed by atoms with Crippen LogP contribution in [0, 0.1) is 19.3 Å². The number of aliphatic hydroxyl groups is 1. The van der Waals surface area contributed by atoms with Gasteiger partial charge in [0.15, 0.2) is 0 Å². The number of benzene rings is 2. The molecule has 0 aliphatic heterocycles. The van der Waals surface area contributed by atoms with Gasteiger partial charge < -0.3 is 9.84 Å². The number of aryl methyl sites for hydroxylation is 2. The predicted octanol–water partition coefficient (Wildman–Crippen LogP) is 7.55. The van der Waals surface area contributed by atoms with E-state index in [4.69, 9.17) is 14.8 Å². The van der Waals surface area contributed by atoms with Crippen molar-refractivity contribution in [1.29, 1.82) is 0 Å². The third-order valence-electron chi connectivity index (χ3n) is 5.48. The molecule has 3 aromatic rings. The van der Waals surface area contributed by atoms with Crippen LogP contribution in [0.1, 0.15) is 83.7 Å². The molecule has 0 radical (unpaired) electrons. The fourth-order valence-electron chi connectivity index (χ4n) is 3.62. The van der Waals surface area contributed by atoms with E-state index in [0.717, 1.165) is 16.6 Å². The van der Waals surface area contributed by atoms with E-state index in [1.165, 1.54) is 27.8 Å². The smallest absolute Gasteiger partial charge is 0.311 e. The first kappa shape index (κ1) is 28.5. The van der Waals surface area contributed by atoms with Gasteiger partial charge in [-0.25, -0.2) is 0 Å². The number of carbonyl (C=O) groups excluding carboxylic acids is 1. The molecule has 4 nitrogen and oxygen atoms in total. The minimum Gasteiger partial charge on any atom is -0.465 e. The van der Waals surface area contributed by atoms with Crippen molar-refractivity contribution in [3.05, 3.63) is 64.8 Å². The van der Waals surface area contributed by atoms with Gasteiger partial charge in [-0.15, -0.1) is 0 Å². The van der Waals surface area contributed by atoms with Crippen LogP contribution in [0.15, 0.2) is 42.5 Å². The molecule has 0 fully saturated rings. The molecule has 190 valence electrons. The Kier molecular flexibility index (Phi) is 9.24. The van der Waals surface area contributed by atoms with Gasteiger partial charge in [-0.2, -0.15) is 0 Å². The molecule has 0 amide bonds. The van der Waals surface area contributed by atoms with Crippen LogP contribution < -0.4 is 0 Å². The molecule has 35 heavy (non-hydrogen) atoms. The monoisotopic (exact) mass is 477 g/mol. The number of pyridine rings is 1. The Labute approximate surface area is 211 Å². The molecule has 0 atom stereocenters. The summed E-state index contributed by atoms with van der Waals surface area (Å²) in [6, 6.07) is 15.1. The number of aromatic nitrogens is 1. The van der Waals surface area contributed by atoms with Crippen molar-refractivity contribution in [2.24, 2.45) is 5.41 Å². The third-order valence-corrected chi connectivity index (χ3v) is 5.48. The van der Waals surface area contributed by atoms with Gasteiger partial charge in [0.1, 0.15) is 0 Å². The van der Waals surface area contributed by atoms with Crippen LogP contribution in [0.2, 0.25) is 0 Å². The second-order valence-electron chi connectivity index (χ2n) is 11.7. The third kappa shape index (κ3) is 8.47. The van der Waals surface area contributed by atoms with Crippen LogP contribution >= 0.6 is 0 Å². The number of hydrogen-bond donors (Lipinski definition) is 1. The maximum absolute atomic E-state index is 12.2. The molecule has 0 saturated carbocycles. The van der Waals surface area contributed by atoms with E-state index < -0.39 is 11.0 Å². The first-order valence-corrected chi connectivity index (χ1v) is 12.5. The highest BCUT2D eigenvalue weighted by atomic mass is 16.5. The summed E-state index contributed by atoms with van der Waals surface area (Å²) in [7, 11) is 0. The Morgan fingerprint density at radius 3 is 2.06 bits per heavy atom. The number of carbonyl (C=O) groups is 1. The van der Waals surface area contributed by atoms with Gasteiger partial charge in [-0.05, 0) is 95.7 Å². The van der Waals surface area contributed by atoms with Crippen molar-refractivity contribution in [2.75, 3.05) is 6.61 Å². The number of esters is 1. The molecule has 0 saturated heterocycles. The Balaban J connectivity index is 0.000000784. The largest absolute Gasteiger partial charge is 0.465 e. The van der Waals surface area contributed by atoms with Crippen LogP contribution in [-0.4, -0.2) is 28.3 Å². The zero-order valence-electron chi connectivity index (χ0n) is 23.2. The van der Waals surface area contributed by atoms with Gasteiger partial charge in [0, 0.05) is 17.5 Å². The normalized spacial score (nSPS) is 11.9. The van der Waals surface area contributed by atoms with Gasteiger partial charge >= 0.3 is 5.97 Å². The molecule has 1 aromatic heterocycles. The molecule has 4 heteroatoms. The summed E-state index contributed by atoms with van der Waals surface area (Å²) in [6.07, 6.45) is 0.679. The lowest BCUT2D eigenvalue weighted by Gasteiger charge is -2.20. The van der Waals surface area contributed by atoms with Crippen LogP contribution in [0.5, 0.6) is 0 Å². The maximum atomic E-state index is 12.2. The predicted molar refractivity (Wildman–Crippen MR) is 147 cm³/mol. The second-order valence-corrected chi connectivity index (χ2v) is 11.7. The molecule has 3 rings (SSSR count). The molecular formula is C31H43NO3. The summed E-state index contributed by atoms with van der Waals surface area (Å²) in [5.41, 5.74) is 7.12. The summed E-state index contributed by atoms with van der Waals surface area (Å²) in [5, 5.41) is 9.67. The molecule has 2 aromatic carbocycles. The standard InChI is InChI=1S/C27H33NO2.C4H10O/c1-17(2)23-13-12-22-24(28-23)16-19(4)21(14-15-30-26(29)27(5,6)7)25(22)20-10-8-18(3)9-11-20;1-4(2,3)5/h8-13,16-17H,14-15H2,1-7H3;5H,1-3H3. The van der Waals surface area contributed by atoms with Gasteiger partial charge in [0.05, 0.1) is 23.1 Å². The Hall–Kier alpha value is -2.72. The first-order valence-electron chi connectivity index (χ1n) is 12.5. The van der Waals surface area contributed by atoms with Crippen molar-refractivity contribution in [3.8, 4) is 11.1 Å². The molecule has 1 N–H and O–H groups in total. The highest BCUT2D eigenvalue weighted by Gasteiger charge is 2.23. The van der Waals surface area contributed by atoms with E-state index >= 15 is 0 Å². The first-order chi connectivity index (χ1) is 16.1. The molecule has 0 bridgehead atoms. The number of fused-ring (bicyclic) bond motifs is 1. The average molecular weight is 478 g/mol. The molecule has 0 aliphatic rings. The van der Waals surface area contributed by atoms with E-state index in [1.807, 2.05) is 20.8 Å². The molecule has 0 spiro atoms. The van der Waals surface area contributed by atoms with Crippen LogP contribution in [-0.2, 0) is 16.0 Å². The van der Waals surface area contributed by atoms with Gasteiger partial charge in [-0.3, -0.25) is 9.78 Å². The van der Waals surface area contributed by atoms with E-state index in [-0.39, 0.29) is 5.97 Å². The summed E-state index contributed by atoms with van der Waals surface area (Å²) < 4.78 is 5.58. The SMILES string of the molecule is CC(C)(C)O.Cc1ccc(-c2c(CCOC(=O)C(C)(C)C)c(C)cc3nc(C(C)C)ccc23)cc1. The summed E-state index contributed by atoms with van der Waals surface area (Å²) in [4.78, 5) is 17.1. The van der Waals surface area contributed by atoms with Crippen molar-refractivity contribution in [1.82, 2.24) is 4.98 Å². The lowest BCUT2D eigenvalue weighted by atomic mass is 9.89. The Morgan fingerprint density at radius 1 is 0.971 bits per heavy atom. The molecule has 0 aliphatic carbocycles. The minimum atomic E-state index is -0.500. The molecular weight excluding hydrogens is 434 g/mol. The van der Waals surface area contributed by atoms with Crippen molar-refractivity contribution in [2.45, 2.75) is 87.2 Å². The quantitative estimate of drug-likeness (QED) is 0.385. The highest BCUT2D eigenvalue weighted by Crippen LogP contribution is 2.35. The minimum absolute atomic E-state index is 0.166. The van der Waals surface area contributed by atoms with Crippen molar-refractivity contribution < 1.29 is 14.6 Å². The van der Waals surface area contributed by atoms with Crippen LogP contribution in [0.4, 0.5) is 0 Å². The highest BCUT2D eigenvalue weighted by molar-refractivity contribution is 5.97. The Morgan fingerprint density at radius 2 is 1.54 bits per heavy atom. The second kappa shape index (κ2) is 11.3. The van der Waals surface area contributed by atoms with Crippen LogP contribution in [0.3, 0.4) is 0 Å². The Bertz CT molecular complexity index is 1140. The molecule has 0 unspecified atom stereocenters. The topological polar surface area (TPSA) is 59.4 Å². The van der Waals surface area contributed by atoms with Gasteiger partial charge in [-0.1, -0.05) is 49.7 Å². The van der Waals surface area contributed by atoms with Gasteiger partial charge in [0.2, 0.25) is 0 Å². The molecule has 1 heterocycles. The maximum Gasteiger partial charge on any atom is 0.311 e. The fraction of sp³-hybridized carbons (Fsp3) is 0.484. The summed E-state index contributed by atoms with van der Waals surface area (Å²) in [5.74, 6) is 0.218. The number of rotatable bonds is 5. The van der Waals surface area contributed by atoms with Gasteiger partial charge in [0.25, 0.3) is 0 Å². The van der Waals surface area contributed by atoms with E-state index in [2.05, 4.69) is 70.2 Å². The van der Waals surface area contributed by atoms with E-state index in [1.54, 1.807) is 20.8 Å². The van der Waals surface area contributed by atoms with Crippen LogP contribution in [0.25, 0.3) is 22.0 Å². The van der Waals surface area contributed by atoms with Crippen molar-refractivity contribution in [3.63, 3.8) is 0 Å². The lowest BCUT2D eigenvalue weighted by Crippen LogP contribution is -2.24. The summed E-state index contributed by atoms with van der Waals surface area (Å²) in [6.45, 7) is 19.8. The number of nitrogens with zero attached hydrogens (tertiary/aromatic N) is 1. The fourth-order valence-corrected chi connectivity index (χ4v) is 3.62. The van der Waals surface area contributed by atoms with Crippen molar-refractivity contribution >= 4 is 16.9 Å². The lowest BCUT2D eigenvalue weighted by molar-refractivity contribution is -0.152. The number of ether oxygens (including phenoxy) is 1. The van der Waals surface area contributed by atoms with E-state index in [0.29, 0.717) is 18.9 Å².